The third-order valence-corrected chi connectivity index (χ3v) is 5.36. The van der Waals surface area contributed by atoms with Crippen molar-refractivity contribution in [3.63, 3.8) is 0 Å². The topological polar surface area (TPSA) is 29.0 Å². The Morgan fingerprint density at radius 3 is 2.46 bits per heavy atom. The Labute approximate surface area is 153 Å². The molecular formula is C23H21N3. The van der Waals surface area contributed by atoms with Gasteiger partial charge in [-0.05, 0) is 53.3 Å². The third kappa shape index (κ3) is 2.60. The van der Waals surface area contributed by atoms with Crippen molar-refractivity contribution in [2.45, 2.75) is 19.3 Å². The van der Waals surface area contributed by atoms with Gasteiger partial charge in [0.15, 0.2) is 0 Å². The summed E-state index contributed by atoms with van der Waals surface area (Å²) >= 11 is 0. The molecule has 0 unspecified atom stereocenters. The zero-order valence-corrected chi connectivity index (χ0v) is 14.7. The molecule has 0 saturated carbocycles. The van der Waals surface area contributed by atoms with E-state index in [1.807, 2.05) is 0 Å². The predicted molar refractivity (Wildman–Crippen MR) is 109 cm³/mol. The van der Waals surface area contributed by atoms with Crippen LogP contribution in [0.1, 0.15) is 19.3 Å². The molecule has 1 aliphatic rings. The van der Waals surface area contributed by atoms with E-state index in [1.54, 1.807) is 6.33 Å². The lowest BCUT2D eigenvalue weighted by Crippen LogP contribution is -2.30. The number of benzene rings is 3. The van der Waals surface area contributed by atoms with E-state index >= 15 is 0 Å². The molecule has 0 atom stereocenters. The Bertz CT molecular complexity index is 1080. The number of fused-ring (bicyclic) bond motifs is 2. The van der Waals surface area contributed by atoms with Crippen molar-refractivity contribution >= 4 is 27.5 Å². The van der Waals surface area contributed by atoms with Crippen molar-refractivity contribution in [2.24, 2.45) is 0 Å². The van der Waals surface area contributed by atoms with E-state index in [-0.39, 0.29) is 0 Å². The smallest absolute Gasteiger partial charge is 0.140 e. The summed E-state index contributed by atoms with van der Waals surface area (Å²) in [5.74, 6) is 1.08. The van der Waals surface area contributed by atoms with Gasteiger partial charge in [0.2, 0.25) is 0 Å². The number of nitrogens with zero attached hydrogens (tertiary/aromatic N) is 3. The first-order chi connectivity index (χ1) is 12.9. The van der Waals surface area contributed by atoms with Crippen LogP contribution in [0, 0.1) is 0 Å². The van der Waals surface area contributed by atoms with Crippen LogP contribution in [0.5, 0.6) is 0 Å². The maximum absolute atomic E-state index is 4.69. The molecule has 3 nitrogen and oxygen atoms in total. The Morgan fingerprint density at radius 2 is 1.58 bits per heavy atom. The largest absolute Gasteiger partial charge is 0.356 e. The number of hydrogen-bond donors (Lipinski definition) is 0. The minimum absolute atomic E-state index is 1.02. The van der Waals surface area contributed by atoms with E-state index < -0.39 is 0 Å². The molecule has 2 heterocycles. The Balaban J connectivity index is 1.73. The highest BCUT2D eigenvalue weighted by Crippen LogP contribution is 2.35. The number of aromatic nitrogens is 2. The van der Waals surface area contributed by atoms with Gasteiger partial charge in [0.1, 0.15) is 12.1 Å². The van der Waals surface area contributed by atoms with Gasteiger partial charge in [-0.2, -0.15) is 0 Å². The fraction of sp³-hybridized carbons (Fsp3) is 0.217. The summed E-state index contributed by atoms with van der Waals surface area (Å²) in [4.78, 5) is 11.7. The molecule has 26 heavy (non-hydrogen) atoms. The van der Waals surface area contributed by atoms with E-state index in [4.69, 9.17) is 4.98 Å². The Kier molecular flexibility index (Phi) is 3.78. The molecule has 0 amide bonds. The molecule has 0 radical (unpaired) electrons. The van der Waals surface area contributed by atoms with Gasteiger partial charge in [-0.3, -0.25) is 0 Å². The van der Waals surface area contributed by atoms with Crippen LogP contribution < -0.4 is 4.90 Å². The zero-order valence-electron chi connectivity index (χ0n) is 14.7. The zero-order chi connectivity index (χ0) is 17.3. The van der Waals surface area contributed by atoms with Crippen molar-refractivity contribution in [2.75, 3.05) is 18.0 Å². The van der Waals surface area contributed by atoms with E-state index in [1.165, 1.54) is 46.5 Å². The molecular weight excluding hydrogens is 318 g/mol. The second-order valence-corrected chi connectivity index (χ2v) is 7.01. The summed E-state index contributed by atoms with van der Waals surface area (Å²) in [7, 11) is 0. The van der Waals surface area contributed by atoms with E-state index in [9.17, 15) is 0 Å². The van der Waals surface area contributed by atoms with E-state index in [0.717, 1.165) is 24.4 Å². The Morgan fingerprint density at radius 1 is 0.731 bits per heavy atom. The minimum Gasteiger partial charge on any atom is -0.356 e. The van der Waals surface area contributed by atoms with Crippen molar-refractivity contribution in [3.8, 4) is 11.1 Å². The maximum Gasteiger partial charge on any atom is 0.140 e. The average Bonchev–Trinajstić information content (AvgIpc) is 2.73. The van der Waals surface area contributed by atoms with Crippen LogP contribution in [0.25, 0.3) is 32.8 Å². The van der Waals surface area contributed by atoms with Crippen LogP contribution in [-0.4, -0.2) is 23.1 Å². The monoisotopic (exact) mass is 339 g/mol. The second kappa shape index (κ2) is 6.41. The van der Waals surface area contributed by atoms with Crippen molar-refractivity contribution in [3.05, 3.63) is 67.0 Å². The molecule has 1 fully saturated rings. The van der Waals surface area contributed by atoms with Gasteiger partial charge in [-0.25, -0.2) is 9.97 Å². The first-order valence-corrected chi connectivity index (χ1v) is 9.38. The highest BCUT2D eigenvalue weighted by molar-refractivity contribution is 6.03. The van der Waals surface area contributed by atoms with Gasteiger partial charge in [0.25, 0.3) is 0 Å². The lowest BCUT2D eigenvalue weighted by atomic mass is 9.97. The molecule has 3 heteroatoms. The molecule has 0 spiro atoms. The average molecular weight is 339 g/mol. The SMILES string of the molecule is c1ccc2cc(-c3cccc4ncnc(N5CCCCC5)c34)ccc2c1. The first kappa shape index (κ1) is 15.3. The van der Waals surface area contributed by atoms with Crippen molar-refractivity contribution in [1.29, 1.82) is 0 Å². The maximum atomic E-state index is 4.69. The van der Waals surface area contributed by atoms with Crippen LogP contribution in [0.2, 0.25) is 0 Å². The molecule has 1 aliphatic heterocycles. The van der Waals surface area contributed by atoms with Gasteiger partial charge in [-0.15, -0.1) is 0 Å². The number of hydrogen-bond acceptors (Lipinski definition) is 3. The van der Waals surface area contributed by atoms with Crippen LogP contribution >= 0.6 is 0 Å². The standard InChI is InChI=1S/C23H21N3/c1-4-13-26(14-5-1)23-22-20(9-6-10-21(22)24-16-25-23)19-12-11-17-7-2-3-8-18(17)15-19/h2-3,6-12,15-16H,1,4-5,13-14H2. The molecule has 1 aromatic heterocycles. The molecule has 5 rings (SSSR count). The molecule has 0 N–H and O–H groups in total. The summed E-state index contributed by atoms with van der Waals surface area (Å²) in [6.45, 7) is 2.16. The summed E-state index contributed by atoms with van der Waals surface area (Å²) in [6.07, 6.45) is 5.50. The van der Waals surface area contributed by atoms with Crippen molar-refractivity contribution < 1.29 is 0 Å². The third-order valence-electron chi connectivity index (χ3n) is 5.36. The van der Waals surface area contributed by atoms with Crippen molar-refractivity contribution in [1.82, 2.24) is 9.97 Å². The van der Waals surface area contributed by atoms with Crippen LogP contribution in [0.3, 0.4) is 0 Å². The van der Waals surface area contributed by atoms with Crippen LogP contribution in [0.4, 0.5) is 5.82 Å². The summed E-state index contributed by atoms with van der Waals surface area (Å²) < 4.78 is 0. The lowest BCUT2D eigenvalue weighted by Gasteiger charge is -2.29. The summed E-state index contributed by atoms with van der Waals surface area (Å²) in [5, 5.41) is 3.70. The van der Waals surface area contributed by atoms with Gasteiger partial charge in [0, 0.05) is 13.1 Å². The lowest BCUT2D eigenvalue weighted by molar-refractivity contribution is 0.574. The number of anilines is 1. The van der Waals surface area contributed by atoms with E-state index in [2.05, 4.69) is 70.5 Å². The molecule has 128 valence electrons. The number of piperidine rings is 1. The van der Waals surface area contributed by atoms with Gasteiger partial charge >= 0.3 is 0 Å². The molecule has 3 aromatic carbocycles. The highest BCUT2D eigenvalue weighted by Gasteiger charge is 2.18. The second-order valence-electron chi connectivity index (χ2n) is 7.01. The number of rotatable bonds is 2. The normalized spacial score (nSPS) is 14.8. The summed E-state index contributed by atoms with van der Waals surface area (Å²) in [5.41, 5.74) is 3.46. The first-order valence-electron chi connectivity index (χ1n) is 9.38. The van der Waals surface area contributed by atoms with Crippen LogP contribution in [-0.2, 0) is 0 Å². The molecule has 4 aromatic rings. The van der Waals surface area contributed by atoms with Gasteiger partial charge < -0.3 is 4.90 Å². The fourth-order valence-electron chi connectivity index (χ4n) is 4.04. The minimum atomic E-state index is 1.02. The Hall–Kier alpha value is -2.94. The fourth-order valence-corrected chi connectivity index (χ4v) is 4.04. The van der Waals surface area contributed by atoms with Gasteiger partial charge in [0.05, 0.1) is 10.9 Å². The molecule has 0 bridgehead atoms. The van der Waals surface area contributed by atoms with Crippen LogP contribution in [0.15, 0.2) is 67.0 Å². The van der Waals surface area contributed by atoms with Gasteiger partial charge in [-0.1, -0.05) is 48.5 Å². The quantitative estimate of drug-likeness (QED) is 0.487. The van der Waals surface area contributed by atoms with E-state index in [0.29, 0.717) is 0 Å². The molecule has 1 saturated heterocycles. The highest BCUT2D eigenvalue weighted by atomic mass is 15.2. The predicted octanol–water partition coefficient (Wildman–Crippen LogP) is 5.44. The summed E-state index contributed by atoms with van der Waals surface area (Å²) in [6, 6.07) is 21.6. The molecule has 0 aliphatic carbocycles.